The second-order valence-electron chi connectivity index (χ2n) is 6.35. The fourth-order valence-electron chi connectivity index (χ4n) is 2.33. The molecule has 138 valence electrons. The maximum absolute atomic E-state index is 12.4. The Morgan fingerprint density at radius 3 is 2.46 bits per heavy atom. The molecule has 0 saturated carbocycles. The SMILES string of the molecule is CC[C@H](C)NC(=O)c1ccccc1NC(=O)CSCc1ccc(C)cc1. The van der Waals surface area contributed by atoms with Crippen LogP contribution >= 0.6 is 11.8 Å². The van der Waals surface area contributed by atoms with Gasteiger partial charge in [-0.05, 0) is 38.0 Å². The number of carbonyl (C=O) groups excluding carboxylic acids is 2. The van der Waals surface area contributed by atoms with E-state index in [0.29, 0.717) is 17.0 Å². The molecule has 4 nitrogen and oxygen atoms in total. The van der Waals surface area contributed by atoms with Crippen LogP contribution in [0.2, 0.25) is 0 Å². The topological polar surface area (TPSA) is 58.2 Å². The Labute approximate surface area is 159 Å². The number of para-hydroxylation sites is 1. The number of hydrogen-bond acceptors (Lipinski definition) is 3. The molecule has 0 aliphatic rings. The summed E-state index contributed by atoms with van der Waals surface area (Å²) in [5, 5.41) is 5.79. The Bertz CT molecular complexity index is 744. The molecule has 0 aromatic heterocycles. The Balaban J connectivity index is 1.90. The first-order valence-electron chi connectivity index (χ1n) is 8.82. The summed E-state index contributed by atoms with van der Waals surface area (Å²) in [6.07, 6.45) is 0.857. The minimum Gasteiger partial charge on any atom is -0.350 e. The first-order valence-corrected chi connectivity index (χ1v) is 9.98. The van der Waals surface area contributed by atoms with Gasteiger partial charge in [0.05, 0.1) is 17.0 Å². The second-order valence-corrected chi connectivity index (χ2v) is 7.34. The fraction of sp³-hybridized carbons (Fsp3) is 0.333. The normalized spacial score (nSPS) is 11.7. The van der Waals surface area contributed by atoms with Crippen LogP contribution in [0.3, 0.4) is 0 Å². The minimum absolute atomic E-state index is 0.0938. The number of thioether (sulfide) groups is 1. The molecule has 0 saturated heterocycles. The van der Waals surface area contributed by atoms with Crippen LogP contribution in [0.4, 0.5) is 5.69 Å². The van der Waals surface area contributed by atoms with E-state index in [0.717, 1.165) is 12.2 Å². The Morgan fingerprint density at radius 2 is 1.77 bits per heavy atom. The fourth-order valence-corrected chi connectivity index (χ4v) is 3.11. The summed E-state index contributed by atoms with van der Waals surface area (Å²) in [5.74, 6) is 0.854. The number of benzene rings is 2. The van der Waals surface area contributed by atoms with Crippen molar-refractivity contribution in [3.05, 3.63) is 65.2 Å². The van der Waals surface area contributed by atoms with E-state index in [1.807, 2.05) is 19.9 Å². The van der Waals surface area contributed by atoms with Crippen molar-refractivity contribution in [3.63, 3.8) is 0 Å². The standard InChI is InChI=1S/C21H26N2O2S/c1-4-16(3)22-21(25)18-7-5-6-8-19(18)23-20(24)14-26-13-17-11-9-15(2)10-12-17/h5-12,16H,4,13-14H2,1-3H3,(H,22,25)(H,23,24)/t16-/m0/s1. The Kier molecular flexibility index (Phi) is 7.73. The molecule has 2 N–H and O–H groups in total. The summed E-state index contributed by atoms with van der Waals surface area (Å²) in [6, 6.07) is 15.5. The summed E-state index contributed by atoms with van der Waals surface area (Å²) in [5.41, 5.74) is 3.46. The van der Waals surface area contributed by atoms with Gasteiger partial charge in [0.1, 0.15) is 0 Å². The quantitative estimate of drug-likeness (QED) is 0.724. The number of nitrogens with one attached hydrogen (secondary N) is 2. The summed E-state index contributed by atoms with van der Waals surface area (Å²) < 4.78 is 0. The molecule has 0 bridgehead atoms. The van der Waals surface area contributed by atoms with Gasteiger partial charge in [0.25, 0.3) is 5.91 Å². The molecule has 0 fully saturated rings. The maximum atomic E-state index is 12.4. The van der Waals surface area contributed by atoms with Crippen LogP contribution in [0, 0.1) is 6.92 Å². The molecule has 5 heteroatoms. The van der Waals surface area contributed by atoms with Gasteiger partial charge in [-0.25, -0.2) is 0 Å². The van der Waals surface area contributed by atoms with Crippen LogP contribution in [-0.2, 0) is 10.5 Å². The molecule has 0 aliphatic carbocycles. The molecule has 0 heterocycles. The molecule has 0 radical (unpaired) electrons. The molecule has 2 rings (SSSR count). The van der Waals surface area contributed by atoms with Gasteiger partial charge in [0.15, 0.2) is 0 Å². The van der Waals surface area contributed by atoms with Crippen LogP contribution in [0.15, 0.2) is 48.5 Å². The predicted octanol–water partition coefficient (Wildman–Crippen LogP) is 4.40. The van der Waals surface area contributed by atoms with Gasteiger partial charge in [0.2, 0.25) is 5.91 Å². The number of aryl methyl sites for hydroxylation is 1. The number of anilines is 1. The van der Waals surface area contributed by atoms with Gasteiger partial charge in [-0.1, -0.05) is 48.9 Å². The first-order chi connectivity index (χ1) is 12.5. The molecule has 0 aliphatic heterocycles. The van der Waals surface area contributed by atoms with Crippen molar-refractivity contribution in [1.29, 1.82) is 0 Å². The third-order valence-electron chi connectivity index (χ3n) is 4.06. The number of rotatable bonds is 8. The Hall–Kier alpha value is -2.27. The molecule has 26 heavy (non-hydrogen) atoms. The van der Waals surface area contributed by atoms with Crippen molar-refractivity contribution in [2.24, 2.45) is 0 Å². The average molecular weight is 371 g/mol. The number of carbonyl (C=O) groups is 2. The third kappa shape index (κ3) is 6.23. The predicted molar refractivity (Wildman–Crippen MR) is 110 cm³/mol. The Morgan fingerprint density at radius 1 is 1.08 bits per heavy atom. The van der Waals surface area contributed by atoms with E-state index in [-0.39, 0.29) is 17.9 Å². The molecule has 0 unspecified atom stereocenters. The van der Waals surface area contributed by atoms with Gasteiger partial charge >= 0.3 is 0 Å². The maximum Gasteiger partial charge on any atom is 0.253 e. The molecular weight excluding hydrogens is 344 g/mol. The summed E-state index contributed by atoms with van der Waals surface area (Å²) in [4.78, 5) is 24.6. The highest BCUT2D eigenvalue weighted by atomic mass is 32.2. The average Bonchev–Trinajstić information content (AvgIpc) is 2.63. The first kappa shape index (κ1) is 20.0. The van der Waals surface area contributed by atoms with Crippen molar-refractivity contribution in [3.8, 4) is 0 Å². The van der Waals surface area contributed by atoms with Gasteiger partial charge in [-0.15, -0.1) is 11.8 Å². The largest absolute Gasteiger partial charge is 0.350 e. The molecule has 2 aromatic rings. The zero-order valence-corrected chi connectivity index (χ0v) is 16.4. The summed E-state index contributed by atoms with van der Waals surface area (Å²) in [7, 11) is 0. The monoisotopic (exact) mass is 370 g/mol. The van der Waals surface area contributed by atoms with E-state index < -0.39 is 0 Å². The van der Waals surface area contributed by atoms with Crippen LogP contribution < -0.4 is 10.6 Å². The minimum atomic E-state index is -0.164. The lowest BCUT2D eigenvalue weighted by molar-refractivity contribution is -0.113. The van der Waals surface area contributed by atoms with E-state index in [4.69, 9.17) is 0 Å². The van der Waals surface area contributed by atoms with Crippen LogP contribution in [0.1, 0.15) is 41.8 Å². The van der Waals surface area contributed by atoms with Crippen LogP contribution in [0.5, 0.6) is 0 Å². The van der Waals surface area contributed by atoms with Crippen LogP contribution in [0.25, 0.3) is 0 Å². The molecule has 0 spiro atoms. The highest BCUT2D eigenvalue weighted by molar-refractivity contribution is 7.99. The summed E-state index contributed by atoms with van der Waals surface area (Å²) in [6.45, 7) is 6.03. The highest BCUT2D eigenvalue weighted by Crippen LogP contribution is 2.17. The number of amides is 2. The van der Waals surface area contributed by atoms with Crippen molar-refractivity contribution < 1.29 is 9.59 Å². The van der Waals surface area contributed by atoms with E-state index in [1.54, 1.807) is 30.0 Å². The molecular formula is C21H26N2O2S. The smallest absolute Gasteiger partial charge is 0.253 e. The lowest BCUT2D eigenvalue weighted by Gasteiger charge is -2.14. The van der Waals surface area contributed by atoms with Gasteiger partial charge in [0, 0.05) is 11.8 Å². The van der Waals surface area contributed by atoms with Gasteiger partial charge < -0.3 is 10.6 Å². The van der Waals surface area contributed by atoms with Gasteiger partial charge in [-0.2, -0.15) is 0 Å². The van der Waals surface area contributed by atoms with Crippen molar-refractivity contribution in [2.75, 3.05) is 11.1 Å². The van der Waals surface area contributed by atoms with Crippen molar-refractivity contribution >= 4 is 29.3 Å². The molecule has 2 amide bonds. The lowest BCUT2D eigenvalue weighted by atomic mass is 10.1. The van der Waals surface area contributed by atoms with E-state index in [1.165, 1.54) is 11.1 Å². The van der Waals surface area contributed by atoms with E-state index >= 15 is 0 Å². The van der Waals surface area contributed by atoms with Gasteiger partial charge in [-0.3, -0.25) is 9.59 Å². The lowest BCUT2D eigenvalue weighted by Crippen LogP contribution is -2.32. The number of hydrogen-bond donors (Lipinski definition) is 2. The third-order valence-corrected chi connectivity index (χ3v) is 5.06. The second kappa shape index (κ2) is 10.0. The highest BCUT2D eigenvalue weighted by Gasteiger charge is 2.14. The van der Waals surface area contributed by atoms with E-state index in [9.17, 15) is 9.59 Å². The van der Waals surface area contributed by atoms with Crippen LogP contribution in [-0.4, -0.2) is 23.6 Å². The zero-order valence-electron chi connectivity index (χ0n) is 15.5. The molecule has 1 atom stereocenters. The molecule has 2 aromatic carbocycles. The zero-order chi connectivity index (χ0) is 18.9. The van der Waals surface area contributed by atoms with Crippen molar-refractivity contribution in [1.82, 2.24) is 5.32 Å². The van der Waals surface area contributed by atoms with Crippen molar-refractivity contribution in [2.45, 2.75) is 39.0 Å². The van der Waals surface area contributed by atoms with E-state index in [2.05, 4.69) is 41.8 Å². The summed E-state index contributed by atoms with van der Waals surface area (Å²) >= 11 is 1.56.